The van der Waals surface area contributed by atoms with Crippen LogP contribution in [0.1, 0.15) is 17.3 Å². The van der Waals surface area contributed by atoms with Gasteiger partial charge in [-0.2, -0.15) is 0 Å². The molecule has 0 aliphatic carbocycles. The quantitative estimate of drug-likeness (QED) is 0.765. The molecule has 0 bridgehead atoms. The van der Waals surface area contributed by atoms with E-state index >= 15 is 0 Å². The molecule has 0 fully saturated rings. The maximum atomic E-state index is 6.44. The van der Waals surface area contributed by atoms with Crippen molar-refractivity contribution in [2.24, 2.45) is 0 Å². The highest BCUT2D eigenvalue weighted by atomic mass is 35.5. The molecule has 21 heavy (non-hydrogen) atoms. The third-order valence-electron chi connectivity index (χ3n) is 3.94. The van der Waals surface area contributed by atoms with Crippen LogP contribution in [0.2, 0.25) is 5.02 Å². The SMILES string of the molecule is Clc1c(CNC2COc3ccccc32)[nH]c2ccccc12. The number of benzene rings is 2. The minimum atomic E-state index is 0.212. The predicted molar refractivity (Wildman–Crippen MR) is 84.8 cm³/mol. The van der Waals surface area contributed by atoms with Crippen LogP contribution in [0.4, 0.5) is 0 Å². The van der Waals surface area contributed by atoms with Crippen molar-refractivity contribution in [2.45, 2.75) is 12.6 Å². The van der Waals surface area contributed by atoms with Crippen LogP contribution < -0.4 is 10.1 Å². The van der Waals surface area contributed by atoms with Gasteiger partial charge in [0.05, 0.1) is 11.1 Å². The standard InChI is InChI=1S/C17H15ClN2O/c18-17-12-6-1-3-7-13(12)20-14(17)9-19-15-10-21-16-8-4-2-5-11(15)16/h1-8,15,19-20H,9-10H2. The summed E-state index contributed by atoms with van der Waals surface area (Å²) < 4.78 is 5.68. The maximum absolute atomic E-state index is 6.44. The van der Waals surface area contributed by atoms with E-state index in [4.69, 9.17) is 16.3 Å². The summed E-state index contributed by atoms with van der Waals surface area (Å²) >= 11 is 6.44. The lowest BCUT2D eigenvalue weighted by molar-refractivity contribution is 0.310. The van der Waals surface area contributed by atoms with Gasteiger partial charge in [-0.3, -0.25) is 0 Å². The number of aromatic amines is 1. The number of H-pyrrole nitrogens is 1. The fraction of sp³-hybridized carbons (Fsp3) is 0.176. The number of halogens is 1. The molecule has 2 aromatic carbocycles. The van der Waals surface area contributed by atoms with Crippen molar-refractivity contribution >= 4 is 22.5 Å². The Morgan fingerprint density at radius 1 is 1.14 bits per heavy atom. The molecule has 0 saturated carbocycles. The van der Waals surface area contributed by atoms with Crippen LogP contribution in [0.3, 0.4) is 0 Å². The van der Waals surface area contributed by atoms with Crippen LogP contribution in [0.25, 0.3) is 10.9 Å². The summed E-state index contributed by atoms with van der Waals surface area (Å²) in [6, 6.07) is 16.4. The van der Waals surface area contributed by atoms with Gasteiger partial charge in [0.25, 0.3) is 0 Å². The van der Waals surface area contributed by atoms with Crippen LogP contribution >= 0.6 is 11.6 Å². The molecule has 2 N–H and O–H groups in total. The van der Waals surface area contributed by atoms with Gasteiger partial charge in [0.15, 0.2) is 0 Å². The lowest BCUT2D eigenvalue weighted by atomic mass is 10.1. The summed E-state index contributed by atoms with van der Waals surface area (Å²) in [6.07, 6.45) is 0. The molecular weight excluding hydrogens is 284 g/mol. The van der Waals surface area contributed by atoms with Gasteiger partial charge in [-0.1, -0.05) is 48.0 Å². The number of rotatable bonds is 3. The van der Waals surface area contributed by atoms with E-state index in [0.29, 0.717) is 13.2 Å². The molecule has 4 heteroatoms. The smallest absolute Gasteiger partial charge is 0.124 e. The Morgan fingerprint density at radius 2 is 1.95 bits per heavy atom. The first-order valence-electron chi connectivity index (χ1n) is 7.03. The lowest BCUT2D eigenvalue weighted by Gasteiger charge is -2.11. The summed E-state index contributed by atoms with van der Waals surface area (Å²) in [7, 11) is 0. The van der Waals surface area contributed by atoms with E-state index in [0.717, 1.165) is 27.4 Å². The second kappa shape index (κ2) is 5.10. The highest BCUT2D eigenvalue weighted by Crippen LogP contribution is 2.32. The molecule has 0 amide bonds. The zero-order valence-electron chi connectivity index (χ0n) is 11.4. The van der Waals surface area contributed by atoms with Gasteiger partial charge in [-0.15, -0.1) is 0 Å². The Morgan fingerprint density at radius 3 is 2.86 bits per heavy atom. The second-order valence-corrected chi connectivity index (χ2v) is 5.62. The van der Waals surface area contributed by atoms with Crippen molar-refractivity contribution in [2.75, 3.05) is 6.61 Å². The minimum Gasteiger partial charge on any atom is -0.491 e. The molecule has 4 rings (SSSR count). The molecule has 1 aliphatic heterocycles. The summed E-state index contributed by atoms with van der Waals surface area (Å²) in [5, 5.41) is 5.38. The minimum absolute atomic E-state index is 0.212. The molecule has 1 aliphatic rings. The zero-order valence-corrected chi connectivity index (χ0v) is 12.2. The van der Waals surface area contributed by atoms with Crippen molar-refractivity contribution in [3.05, 3.63) is 64.8 Å². The average molecular weight is 299 g/mol. The van der Waals surface area contributed by atoms with E-state index in [-0.39, 0.29) is 6.04 Å². The number of nitrogens with one attached hydrogen (secondary N) is 2. The molecular formula is C17H15ClN2O. The number of para-hydroxylation sites is 2. The molecule has 1 atom stereocenters. The second-order valence-electron chi connectivity index (χ2n) is 5.25. The first kappa shape index (κ1) is 12.7. The van der Waals surface area contributed by atoms with Crippen LogP contribution in [-0.2, 0) is 6.54 Å². The molecule has 0 radical (unpaired) electrons. The summed E-state index contributed by atoms with van der Waals surface area (Å²) in [5.41, 5.74) is 3.30. The predicted octanol–water partition coefficient (Wildman–Crippen LogP) is 4.04. The molecule has 1 aromatic heterocycles. The number of hydrogen-bond acceptors (Lipinski definition) is 2. The van der Waals surface area contributed by atoms with Crippen LogP contribution in [0.5, 0.6) is 5.75 Å². The fourth-order valence-corrected chi connectivity index (χ4v) is 3.12. The van der Waals surface area contributed by atoms with Gasteiger partial charge in [-0.05, 0) is 12.1 Å². The van der Waals surface area contributed by atoms with Crippen LogP contribution in [-0.4, -0.2) is 11.6 Å². The van der Waals surface area contributed by atoms with E-state index in [1.165, 1.54) is 5.56 Å². The third-order valence-corrected chi connectivity index (χ3v) is 4.37. The molecule has 1 unspecified atom stereocenters. The molecule has 106 valence electrons. The van der Waals surface area contributed by atoms with Crippen molar-refractivity contribution in [1.82, 2.24) is 10.3 Å². The summed E-state index contributed by atoms with van der Waals surface area (Å²) in [5.74, 6) is 0.970. The van der Waals surface area contributed by atoms with Gasteiger partial charge in [0.2, 0.25) is 0 Å². The monoisotopic (exact) mass is 298 g/mol. The topological polar surface area (TPSA) is 37.0 Å². The van der Waals surface area contributed by atoms with Crippen LogP contribution in [0, 0.1) is 0 Å². The third kappa shape index (κ3) is 2.19. The Labute approximate surface area is 127 Å². The van der Waals surface area contributed by atoms with Crippen molar-refractivity contribution in [3.8, 4) is 5.75 Å². The Hall–Kier alpha value is -1.97. The average Bonchev–Trinajstić information content (AvgIpc) is 3.07. The Balaban J connectivity index is 1.56. The lowest BCUT2D eigenvalue weighted by Crippen LogP contribution is -2.22. The van der Waals surface area contributed by atoms with E-state index < -0.39 is 0 Å². The van der Waals surface area contributed by atoms with E-state index in [9.17, 15) is 0 Å². The summed E-state index contributed by atoms with van der Waals surface area (Å²) in [4.78, 5) is 3.38. The van der Waals surface area contributed by atoms with Gasteiger partial charge in [0, 0.05) is 28.7 Å². The highest BCUT2D eigenvalue weighted by molar-refractivity contribution is 6.36. The number of ether oxygens (including phenoxy) is 1. The first-order chi connectivity index (χ1) is 10.3. The van der Waals surface area contributed by atoms with Crippen LogP contribution in [0.15, 0.2) is 48.5 Å². The highest BCUT2D eigenvalue weighted by Gasteiger charge is 2.23. The molecule has 0 spiro atoms. The van der Waals surface area contributed by atoms with Gasteiger partial charge >= 0.3 is 0 Å². The van der Waals surface area contributed by atoms with E-state index in [2.05, 4.69) is 16.4 Å². The molecule has 0 saturated heterocycles. The van der Waals surface area contributed by atoms with Crippen molar-refractivity contribution < 1.29 is 4.74 Å². The molecule has 2 heterocycles. The maximum Gasteiger partial charge on any atom is 0.124 e. The number of aromatic nitrogens is 1. The fourth-order valence-electron chi connectivity index (χ4n) is 2.84. The normalized spacial score (nSPS) is 16.9. The Bertz CT molecular complexity index is 796. The Kier molecular flexibility index (Phi) is 3.09. The molecule has 3 nitrogen and oxygen atoms in total. The molecule has 3 aromatic rings. The van der Waals surface area contributed by atoms with Gasteiger partial charge in [-0.25, -0.2) is 0 Å². The van der Waals surface area contributed by atoms with Gasteiger partial charge < -0.3 is 15.0 Å². The largest absolute Gasteiger partial charge is 0.491 e. The summed E-state index contributed by atoms with van der Waals surface area (Å²) in [6.45, 7) is 1.35. The van der Waals surface area contributed by atoms with E-state index in [1.54, 1.807) is 0 Å². The van der Waals surface area contributed by atoms with Gasteiger partial charge in [0.1, 0.15) is 12.4 Å². The van der Waals surface area contributed by atoms with E-state index in [1.807, 2.05) is 42.5 Å². The number of hydrogen-bond donors (Lipinski definition) is 2. The van der Waals surface area contributed by atoms with Crippen molar-refractivity contribution in [1.29, 1.82) is 0 Å². The zero-order chi connectivity index (χ0) is 14.2. The first-order valence-corrected chi connectivity index (χ1v) is 7.41. The number of fused-ring (bicyclic) bond motifs is 2. The van der Waals surface area contributed by atoms with Crippen molar-refractivity contribution in [3.63, 3.8) is 0 Å².